The van der Waals surface area contributed by atoms with E-state index in [4.69, 9.17) is 11.6 Å². The molecule has 1 aromatic carbocycles. The van der Waals surface area contributed by atoms with Gasteiger partial charge in [0.1, 0.15) is 5.03 Å². The Hall–Kier alpha value is -2.05. The number of nitrogens with one attached hydrogen (secondary N) is 2. The van der Waals surface area contributed by atoms with E-state index >= 15 is 0 Å². The fraction of sp³-hybridized carbons (Fsp3) is 0.235. The minimum Gasteiger partial charge on any atom is -0.349 e. The largest absolute Gasteiger partial charge is 0.349 e. The second-order valence-corrected chi connectivity index (χ2v) is 6.88. The number of carbonyl (C=O) groups is 2. The number of fused-ring (bicyclic) bond motifs is 1. The molecule has 0 bridgehead atoms. The molecule has 2 aromatic rings. The summed E-state index contributed by atoms with van der Waals surface area (Å²) >= 11 is 7.33. The molecule has 0 saturated carbocycles. The second-order valence-electron chi connectivity index (χ2n) is 5.51. The average Bonchev–Trinajstić information content (AvgIpc) is 2.93. The molecule has 5 nitrogen and oxygen atoms in total. The first-order chi connectivity index (χ1) is 11.5. The van der Waals surface area contributed by atoms with E-state index in [0.29, 0.717) is 16.5 Å². The van der Waals surface area contributed by atoms with Crippen LogP contribution in [0, 0.1) is 0 Å². The molecule has 7 heteroatoms. The summed E-state index contributed by atoms with van der Waals surface area (Å²) in [7, 11) is 0. The highest BCUT2D eigenvalue weighted by molar-refractivity contribution is 8.00. The summed E-state index contributed by atoms with van der Waals surface area (Å²) in [6, 6.07) is 9.11. The molecular weight excluding hydrogens is 346 g/mol. The van der Waals surface area contributed by atoms with Crippen molar-refractivity contribution < 1.29 is 9.59 Å². The third kappa shape index (κ3) is 3.88. The third-order valence-corrected chi connectivity index (χ3v) is 5.12. The summed E-state index contributed by atoms with van der Waals surface area (Å²) in [6.07, 6.45) is 2.03. The zero-order valence-electron chi connectivity index (χ0n) is 13.0. The summed E-state index contributed by atoms with van der Waals surface area (Å²) in [6.45, 7) is 1.92. The lowest BCUT2D eigenvalue weighted by Crippen LogP contribution is -2.28. The van der Waals surface area contributed by atoms with Gasteiger partial charge in [-0.25, -0.2) is 4.98 Å². The van der Waals surface area contributed by atoms with E-state index in [1.807, 2.05) is 25.1 Å². The molecule has 3 rings (SSSR count). The number of halogens is 1. The Morgan fingerprint density at radius 3 is 3.08 bits per heavy atom. The first-order valence-electron chi connectivity index (χ1n) is 7.48. The SMILES string of the molecule is C[C@@H](NC(=O)CSc1ncccc1Cl)c1ccc2c(c1)CC(=O)N2. The van der Waals surface area contributed by atoms with E-state index in [1.165, 1.54) is 11.8 Å². The maximum atomic E-state index is 12.1. The Labute approximate surface area is 149 Å². The highest BCUT2D eigenvalue weighted by atomic mass is 35.5. The predicted molar refractivity (Wildman–Crippen MR) is 95.3 cm³/mol. The van der Waals surface area contributed by atoms with E-state index in [0.717, 1.165) is 16.8 Å². The number of nitrogens with zero attached hydrogens (tertiary/aromatic N) is 1. The number of amides is 2. The Morgan fingerprint density at radius 1 is 1.46 bits per heavy atom. The van der Waals surface area contributed by atoms with Crippen LogP contribution in [0.3, 0.4) is 0 Å². The number of rotatable bonds is 5. The van der Waals surface area contributed by atoms with Crippen molar-refractivity contribution in [3.8, 4) is 0 Å². The molecule has 1 atom stereocenters. The lowest BCUT2D eigenvalue weighted by molar-refractivity contribution is -0.119. The molecule has 1 aliphatic heterocycles. The van der Waals surface area contributed by atoms with Crippen molar-refractivity contribution in [2.24, 2.45) is 0 Å². The summed E-state index contributed by atoms with van der Waals surface area (Å²) < 4.78 is 0. The molecule has 0 unspecified atom stereocenters. The van der Waals surface area contributed by atoms with Crippen molar-refractivity contribution in [1.29, 1.82) is 0 Å². The molecule has 0 fully saturated rings. The summed E-state index contributed by atoms with van der Waals surface area (Å²) in [5, 5.41) is 6.93. The van der Waals surface area contributed by atoms with E-state index < -0.39 is 0 Å². The monoisotopic (exact) mass is 361 g/mol. The normalized spacial score (nSPS) is 14.0. The number of pyridine rings is 1. The van der Waals surface area contributed by atoms with Crippen LogP contribution in [-0.4, -0.2) is 22.6 Å². The molecule has 2 amide bonds. The van der Waals surface area contributed by atoms with E-state index in [-0.39, 0.29) is 23.6 Å². The number of hydrogen-bond acceptors (Lipinski definition) is 4. The summed E-state index contributed by atoms with van der Waals surface area (Å²) in [5.41, 5.74) is 2.79. The van der Waals surface area contributed by atoms with E-state index in [2.05, 4.69) is 15.6 Å². The molecule has 1 aliphatic rings. The Balaban J connectivity index is 1.58. The van der Waals surface area contributed by atoms with Crippen molar-refractivity contribution in [1.82, 2.24) is 10.3 Å². The Morgan fingerprint density at radius 2 is 2.29 bits per heavy atom. The van der Waals surface area contributed by atoms with E-state index in [9.17, 15) is 9.59 Å². The summed E-state index contributed by atoms with van der Waals surface area (Å²) in [4.78, 5) is 27.7. The predicted octanol–water partition coefficient (Wildman–Crippen LogP) is 3.20. The van der Waals surface area contributed by atoms with Crippen molar-refractivity contribution in [2.45, 2.75) is 24.4 Å². The van der Waals surface area contributed by atoms with Crippen molar-refractivity contribution in [3.05, 3.63) is 52.7 Å². The molecule has 1 aromatic heterocycles. The Kier molecular flexibility index (Phi) is 5.06. The van der Waals surface area contributed by atoms with Crippen LogP contribution in [-0.2, 0) is 16.0 Å². The van der Waals surface area contributed by atoms with Crippen LogP contribution in [0.15, 0.2) is 41.6 Å². The van der Waals surface area contributed by atoms with Crippen LogP contribution < -0.4 is 10.6 Å². The molecule has 2 heterocycles. The van der Waals surface area contributed by atoms with Gasteiger partial charge in [-0.2, -0.15) is 0 Å². The van der Waals surface area contributed by atoms with Crippen molar-refractivity contribution in [2.75, 3.05) is 11.1 Å². The molecule has 0 spiro atoms. The van der Waals surface area contributed by atoms with Crippen LogP contribution >= 0.6 is 23.4 Å². The second kappa shape index (κ2) is 7.23. The fourth-order valence-electron chi connectivity index (χ4n) is 2.50. The highest BCUT2D eigenvalue weighted by Crippen LogP contribution is 2.27. The Bertz CT molecular complexity index is 797. The van der Waals surface area contributed by atoms with Gasteiger partial charge in [0, 0.05) is 11.9 Å². The van der Waals surface area contributed by atoms with Crippen molar-refractivity contribution >= 4 is 40.9 Å². The van der Waals surface area contributed by atoms with Crippen molar-refractivity contribution in [3.63, 3.8) is 0 Å². The standard InChI is InChI=1S/C17H16ClN3O2S/c1-10(11-4-5-14-12(7-11)8-15(22)21-14)20-16(23)9-24-17-13(18)3-2-6-19-17/h2-7,10H,8-9H2,1H3,(H,20,23)(H,21,22)/t10-/m1/s1. The molecule has 0 saturated heterocycles. The maximum absolute atomic E-state index is 12.1. The number of benzene rings is 1. The maximum Gasteiger partial charge on any atom is 0.230 e. The van der Waals surface area contributed by atoms with Gasteiger partial charge in [0.05, 0.1) is 23.2 Å². The lowest BCUT2D eigenvalue weighted by atomic mass is 10.0. The van der Waals surface area contributed by atoms with Gasteiger partial charge < -0.3 is 10.6 Å². The van der Waals surface area contributed by atoms with Crippen LogP contribution in [0.4, 0.5) is 5.69 Å². The first-order valence-corrected chi connectivity index (χ1v) is 8.84. The number of carbonyl (C=O) groups excluding carboxylic acids is 2. The molecular formula is C17H16ClN3O2S. The van der Waals surface area contributed by atoms with Gasteiger partial charge >= 0.3 is 0 Å². The number of hydrogen-bond donors (Lipinski definition) is 2. The molecule has 24 heavy (non-hydrogen) atoms. The molecule has 0 aliphatic carbocycles. The van der Waals surface area contributed by atoms with E-state index in [1.54, 1.807) is 18.3 Å². The first kappa shape index (κ1) is 16.8. The topological polar surface area (TPSA) is 71.1 Å². The number of aromatic nitrogens is 1. The average molecular weight is 362 g/mol. The van der Waals surface area contributed by atoms with Crippen LogP contribution in [0.1, 0.15) is 24.1 Å². The smallest absolute Gasteiger partial charge is 0.230 e. The minimum absolute atomic E-state index is 0.00229. The number of thioether (sulfide) groups is 1. The summed E-state index contributed by atoms with van der Waals surface area (Å²) in [5.74, 6) is 0.151. The van der Waals surface area contributed by atoms with Gasteiger partial charge in [-0.05, 0) is 36.2 Å². The van der Waals surface area contributed by atoms with Gasteiger partial charge in [0.2, 0.25) is 11.8 Å². The van der Waals surface area contributed by atoms with Crippen LogP contribution in [0.5, 0.6) is 0 Å². The zero-order chi connectivity index (χ0) is 17.1. The van der Waals surface area contributed by atoms with Crippen LogP contribution in [0.25, 0.3) is 0 Å². The number of anilines is 1. The fourth-order valence-corrected chi connectivity index (χ4v) is 3.47. The van der Waals surface area contributed by atoms with Crippen LogP contribution in [0.2, 0.25) is 5.02 Å². The van der Waals surface area contributed by atoms with Gasteiger partial charge in [-0.3, -0.25) is 9.59 Å². The zero-order valence-corrected chi connectivity index (χ0v) is 14.6. The van der Waals surface area contributed by atoms with Gasteiger partial charge in [0.15, 0.2) is 0 Å². The highest BCUT2D eigenvalue weighted by Gasteiger charge is 2.19. The lowest BCUT2D eigenvalue weighted by Gasteiger charge is -2.15. The quantitative estimate of drug-likeness (QED) is 0.802. The third-order valence-electron chi connectivity index (χ3n) is 3.70. The molecule has 0 radical (unpaired) electrons. The molecule has 2 N–H and O–H groups in total. The van der Waals surface area contributed by atoms with Gasteiger partial charge in [-0.1, -0.05) is 35.5 Å². The molecule has 124 valence electrons. The minimum atomic E-state index is -0.140. The van der Waals surface area contributed by atoms with Gasteiger partial charge in [-0.15, -0.1) is 0 Å². The van der Waals surface area contributed by atoms with Gasteiger partial charge in [0.25, 0.3) is 0 Å².